The first kappa shape index (κ1) is 15.8. The van der Waals surface area contributed by atoms with Crippen LogP contribution in [-0.2, 0) is 4.79 Å². The highest BCUT2D eigenvalue weighted by molar-refractivity contribution is 5.91. The molecular weight excluding hydrogens is 260 g/mol. The maximum atomic E-state index is 11.6. The average Bonchev–Trinajstić information content (AvgIpc) is 2.35. The summed E-state index contributed by atoms with van der Waals surface area (Å²) in [4.78, 5) is 21.7. The molecule has 1 amide bonds. The van der Waals surface area contributed by atoms with Gasteiger partial charge in [0.2, 0.25) is 5.91 Å². The van der Waals surface area contributed by atoms with Crippen molar-refractivity contribution in [1.29, 1.82) is 0 Å². The highest BCUT2D eigenvalue weighted by atomic mass is 16.6. The summed E-state index contributed by atoms with van der Waals surface area (Å²) in [6.45, 7) is 3.45. The number of amides is 1. The Hall–Kier alpha value is -2.21. The fourth-order valence-electron chi connectivity index (χ4n) is 1.78. The number of hydrogen-bond acceptors (Lipinski definition) is 4. The molecule has 6 heteroatoms. The second kappa shape index (κ2) is 7.40. The SMILES string of the molecule is CC(O)CC(C)NC(=O)/C=C/c1cccc([N+](=O)[O-])c1. The molecule has 0 aliphatic carbocycles. The number of aliphatic hydroxyl groups is 1. The second-order valence-electron chi connectivity index (χ2n) is 4.68. The van der Waals surface area contributed by atoms with E-state index >= 15 is 0 Å². The Morgan fingerprint density at radius 2 is 2.20 bits per heavy atom. The van der Waals surface area contributed by atoms with E-state index in [1.54, 1.807) is 26.0 Å². The summed E-state index contributed by atoms with van der Waals surface area (Å²) in [5.74, 6) is -0.301. The maximum Gasteiger partial charge on any atom is 0.270 e. The fourth-order valence-corrected chi connectivity index (χ4v) is 1.78. The lowest BCUT2D eigenvalue weighted by Crippen LogP contribution is -2.33. The van der Waals surface area contributed by atoms with Gasteiger partial charge in [-0.15, -0.1) is 0 Å². The number of benzene rings is 1. The van der Waals surface area contributed by atoms with Crippen molar-refractivity contribution in [3.05, 3.63) is 46.0 Å². The molecular formula is C14H18N2O4. The van der Waals surface area contributed by atoms with E-state index in [-0.39, 0.29) is 17.6 Å². The van der Waals surface area contributed by atoms with Crippen LogP contribution in [0, 0.1) is 10.1 Å². The third-order valence-corrected chi connectivity index (χ3v) is 2.59. The van der Waals surface area contributed by atoms with E-state index in [4.69, 9.17) is 0 Å². The molecule has 1 rings (SSSR count). The van der Waals surface area contributed by atoms with E-state index in [1.807, 2.05) is 0 Å². The monoisotopic (exact) mass is 278 g/mol. The molecule has 0 heterocycles. The zero-order chi connectivity index (χ0) is 15.1. The lowest BCUT2D eigenvalue weighted by Gasteiger charge is -2.13. The third kappa shape index (κ3) is 5.62. The number of non-ortho nitro benzene ring substituents is 1. The number of nitro groups is 1. The maximum absolute atomic E-state index is 11.6. The summed E-state index contributed by atoms with van der Waals surface area (Å²) < 4.78 is 0. The number of nitro benzene ring substituents is 1. The average molecular weight is 278 g/mol. The Balaban J connectivity index is 2.61. The van der Waals surface area contributed by atoms with Crippen molar-refractivity contribution in [2.45, 2.75) is 32.4 Å². The topological polar surface area (TPSA) is 92.5 Å². The molecule has 0 spiro atoms. The molecule has 20 heavy (non-hydrogen) atoms. The van der Waals surface area contributed by atoms with Gasteiger partial charge in [-0.1, -0.05) is 12.1 Å². The van der Waals surface area contributed by atoms with E-state index in [0.29, 0.717) is 12.0 Å². The minimum absolute atomic E-state index is 0.0185. The molecule has 0 aliphatic heterocycles. The van der Waals surface area contributed by atoms with Crippen molar-refractivity contribution in [3.8, 4) is 0 Å². The van der Waals surface area contributed by atoms with Gasteiger partial charge in [0.25, 0.3) is 5.69 Å². The first-order valence-corrected chi connectivity index (χ1v) is 6.29. The summed E-state index contributed by atoms with van der Waals surface area (Å²) in [5.41, 5.74) is 0.563. The Kier molecular flexibility index (Phi) is 5.86. The molecule has 0 saturated carbocycles. The number of carbonyl (C=O) groups excluding carboxylic acids is 1. The summed E-state index contributed by atoms with van der Waals surface area (Å²) in [5, 5.41) is 22.5. The summed E-state index contributed by atoms with van der Waals surface area (Å²) in [7, 11) is 0. The van der Waals surface area contributed by atoms with Crippen LogP contribution < -0.4 is 5.32 Å². The number of carbonyl (C=O) groups is 1. The van der Waals surface area contributed by atoms with Gasteiger partial charge < -0.3 is 10.4 Å². The van der Waals surface area contributed by atoms with Crippen LogP contribution in [0.4, 0.5) is 5.69 Å². The lowest BCUT2D eigenvalue weighted by atomic mass is 10.1. The Bertz CT molecular complexity index is 512. The highest BCUT2D eigenvalue weighted by Gasteiger charge is 2.08. The minimum atomic E-state index is -0.484. The second-order valence-corrected chi connectivity index (χ2v) is 4.68. The Labute approximate surface area is 117 Å². The predicted molar refractivity (Wildman–Crippen MR) is 76.0 cm³/mol. The van der Waals surface area contributed by atoms with E-state index in [0.717, 1.165) is 0 Å². The lowest BCUT2D eigenvalue weighted by molar-refractivity contribution is -0.384. The van der Waals surface area contributed by atoms with Crippen molar-refractivity contribution in [2.75, 3.05) is 0 Å². The molecule has 1 aromatic rings. The molecule has 6 nitrogen and oxygen atoms in total. The molecule has 0 saturated heterocycles. The standard InChI is InChI=1S/C14H18N2O4/c1-10(8-11(2)17)15-14(18)7-6-12-4-3-5-13(9-12)16(19)20/h3-7,9-11,17H,8H2,1-2H3,(H,15,18)/b7-6+. The van der Waals surface area contributed by atoms with Crippen LogP contribution >= 0.6 is 0 Å². The Morgan fingerprint density at radius 1 is 1.50 bits per heavy atom. The first-order valence-electron chi connectivity index (χ1n) is 6.29. The molecule has 0 aliphatic rings. The van der Waals surface area contributed by atoms with E-state index in [9.17, 15) is 20.0 Å². The van der Waals surface area contributed by atoms with E-state index in [2.05, 4.69) is 5.32 Å². The van der Waals surface area contributed by atoms with Gasteiger partial charge >= 0.3 is 0 Å². The summed E-state index contributed by atoms with van der Waals surface area (Å²) in [6, 6.07) is 5.88. The molecule has 0 bridgehead atoms. The quantitative estimate of drug-likeness (QED) is 0.472. The van der Waals surface area contributed by atoms with Crippen molar-refractivity contribution >= 4 is 17.7 Å². The molecule has 108 valence electrons. The normalized spacial score (nSPS) is 13.9. The van der Waals surface area contributed by atoms with Crippen LogP contribution in [0.25, 0.3) is 6.08 Å². The number of aliphatic hydroxyl groups excluding tert-OH is 1. The van der Waals surface area contributed by atoms with E-state index < -0.39 is 11.0 Å². The molecule has 0 aromatic heterocycles. The third-order valence-electron chi connectivity index (χ3n) is 2.59. The number of nitrogens with one attached hydrogen (secondary N) is 1. The first-order chi connectivity index (χ1) is 9.38. The molecule has 0 radical (unpaired) electrons. The summed E-state index contributed by atoms with van der Waals surface area (Å²) in [6.07, 6.45) is 2.82. The number of nitrogens with zero attached hydrogens (tertiary/aromatic N) is 1. The number of rotatable bonds is 6. The van der Waals surface area contributed by atoms with Crippen molar-refractivity contribution in [3.63, 3.8) is 0 Å². The van der Waals surface area contributed by atoms with Gasteiger partial charge in [-0.2, -0.15) is 0 Å². The smallest absolute Gasteiger partial charge is 0.270 e. The van der Waals surface area contributed by atoms with Gasteiger partial charge in [0.1, 0.15) is 0 Å². The predicted octanol–water partition coefficient (Wildman–Crippen LogP) is 1.88. The number of hydrogen-bond donors (Lipinski definition) is 2. The fraction of sp³-hybridized carbons (Fsp3) is 0.357. The largest absolute Gasteiger partial charge is 0.393 e. The van der Waals surface area contributed by atoms with Crippen LogP contribution in [0.15, 0.2) is 30.3 Å². The molecule has 0 fully saturated rings. The van der Waals surface area contributed by atoms with Crippen molar-refractivity contribution in [2.24, 2.45) is 0 Å². The van der Waals surface area contributed by atoms with Crippen LogP contribution in [0.5, 0.6) is 0 Å². The van der Waals surface area contributed by atoms with Crippen molar-refractivity contribution < 1.29 is 14.8 Å². The van der Waals surface area contributed by atoms with Crippen LogP contribution in [0.3, 0.4) is 0 Å². The van der Waals surface area contributed by atoms with Crippen LogP contribution in [-0.4, -0.2) is 28.1 Å². The van der Waals surface area contributed by atoms with Gasteiger partial charge in [-0.05, 0) is 31.9 Å². The van der Waals surface area contributed by atoms with Crippen molar-refractivity contribution in [1.82, 2.24) is 5.32 Å². The molecule has 2 atom stereocenters. The van der Waals surface area contributed by atoms with Crippen LogP contribution in [0.1, 0.15) is 25.8 Å². The van der Waals surface area contributed by atoms with Gasteiger partial charge in [0.05, 0.1) is 11.0 Å². The van der Waals surface area contributed by atoms with Crippen LogP contribution in [0.2, 0.25) is 0 Å². The zero-order valence-corrected chi connectivity index (χ0v) is 11.4. The zero-order valence-electron chi connectivity index (χ0n) is 11.4. The van der Waals surface area contributed by atoms with Gasteiger partial charge in [-0.3, -0.25) is 14.9 Å². The Morgan fingerprint density at radius 3 is 2.80 bits per heavy atom. The molecule has 2 N–H and O–H groups in total. The van der Waals surface area contributed by atoms with Gasteiger partial charge in [-0.25, -0.2) is 0 Å². The molecule has 2 unspecified atom stereocenters. The van der Waals surface area contributed by atoms with Gasteiger partial charge in [0.15, 0.2) is 0 Å². The highest BCUT2D eigenvalue weighted by Crippen LogP contribution is 2.14. The minimum Gasteiger partial charge on any atom is -0.393 e. The van der Waals surface area contributed by atoms with E-state index in [1.165, 1.54) is 24.3 Å². The van der Waals surface area contributed by atoms with Gasteiger partial charge in [0, 0.05) is 24.3 Å². The summed E-state index contributed by atoms with van der Waals surface area (Å²) >= 11 is 0. The molecule has 1 aromatic carbocycles.